The van der Waals surface area contributed by atoms with Crippen molar-refractivity contribution in [2.75, 3.05) is 20.3 Å². The first-order valence-electron chi connectivity index (χ1n) is 10.2. The summed E-state index contributed by atoms with van der Waals surface area (Å²) >= 11 is 0. The number of hydrogen-bond donors (Lipinski definition) is 3. The Morgan fingerprint density at radius 3 is 2.06 bits per heavy atom. The van der Waals surface area contributed by atoms with Crippen molar-refractivity contribution in [1.29, 1.82) is 0 Å². The van der Waals surface area contributed by atoms with Crippen molar-refractivity contribution in [3.05, 3.63) is 59.7 Å². The third kappa shape index (κ3) is 7.53. The molecule has 0 bridgehead atoms. The molecule has 5 atom stereocenters. The summed E-state index contributed by atoms with van der Waals surface area (Å²) in [6.45, 7) is 1.45. The van der Waals surface area contributed by atoms with Crippen molar-refractivity contribution in [3.63, 3.8) is 0 Å². The minimum atomic E-state index is -4.45. The van der Waals surface area contributed by atoms with Crippen LogP contribution in [-0.4, -0.2) is 47.4 Å². The Hall–Kier alpha value is -1.42. The van der Waals surface area contributed by atoms with Crippen LogP contribution in [0.4, 0.5) is 0 Å². The summed E-state index contributed by atoms with van der Waals surface area (Å²) in [6.07, 6.45) is -1.71. The maximum atomic E-state index is 12.5. The third-order valence-electron chi connectivity index (χ3n) is 5.21. The van der Waals surface area contributed by atoms with Crippen molar-refractivity contribution >= 4 is 15.6 Å². The summed E-state index contributed by atoms with van der Waals surface area (Å²) in [7, 11) is -7.64. The van der Waals surface area contributed by atoms with Crippen molar-refractivity contribution < 1.29 is 46.9 Å². The van der Waals surface area contributed by atoms with E-state index in [2.05, 4.69) is 4.52 Å². The minimum absolute atomic E-state index is 0.0191. The molecule has 1 aliphatic rings. The van der Waals surface area contributed by atoms with Gasteiger partial charge in [0.1, 0.15) is 12.2 Å². The number of aliphatic hydroxyl groups is 1. The zero-order valence-electron chi connectivity index (χ0n) is 18.3. The second kappa shape index (κ2) is 11.3. The first-order chi connectivity index (χ1) is 15.6. The average Bonchev–Trinajstić information content (AvgIpc) is 3.15. The maximum absolute atomic E-state index is 12.5. The van der Waals surface area contributed by atoms with Crippen LogP contribution in [0.1, 0.15) is 18.1 Å². The number of phosphoric ester groups is 2. The van der Waals surface area contributed by atoms with Crippen LogP contribution >= 0.6 is 15.6 Å². The van der Waals surface area contributed by atoms with E-state index in [9.17, 15) is 18.9 Å². The molecule has 12 heteroatoms. The van der Waals surface area contributed by atoms with Gasteiger partial charge in [0.05, 0.1) is 26.4 Å². The fourth-order valence-electron chi connectivity index (χ4n) is 3.30. The lowest BCUT2D eigenvalue weighted by atomic mass is 10.0. The molecular formula is C21H28O10P2. The van der Waals surface area contributed by atoms with Gasteiger partial charge in [-0.05, 0) is 22.3 Å². The number of hydrogen-bond acceptors (Lipinski definition) is 8. The first kappa shape index (κ1) is 26.2. The second-order valence-corrected chi connectivity index (χ2v) is 10.6. The molecule has 0 saturated carbocycles. The number of phosphoric acid groups is 2. The smallest absolute Gasteiger partial charge is 0.392 e. The van der Waals surface area contributed by atoms with Gasteiger partial charge in [0.2, 0.25) is 0 Å². The molecule has 1 heterocycles. The minimum Gasteiger partial charge on any atom is -0.392 e. The van der Waals surface area contributed by atoms with Crippen LogP contribution < -0.4 is 0 Å². The molecule has 0 amide bonds. The van der Waals surface area contributed by atoms with Crippen LogP contribution in [0.5, 0.6) is 0 Å². The largest absolute Gasteiger partial charge is 0.472 e. The fraction of sp³-hybridized carbons (Fsp3) is 0.429. The van der Waals surface area contributed by atoms with Crippen LogP contribution in [0.3, 0.4) is 0 Å². The summed E-state index contributed by atoms with van der Waals surface area (Å²) in [6, 6.07) is 14.8. The van der Waals surface area contributed by atoms with Crippen LogP contribution in [0.2, 0.25) is 0 Å². The third-order valence-corrected chi connectivity index (χ3v) is 7.11. The lowest BCUT2D eigenvalue weighted by Gasteiger charge is -2.24. The summed E-state index contributed by atoms with van der Waals surface area (Å²) in [5, 5.41) is 9.14. The molecule has 2 aromatic rings. The van der Waals surface area contributed by atoms with Crippen molar-refractivity contribution in [3.8, 4) is 11.1 Å². The van der Waals surface area contributed by atoms with Gasteiger partial charge in [-0.1, -0.05) is 55.5 Å². The molecule has 3 N–H and O–H groups in total. The molecule has 182 valence electrons. The van der Waals surface area contributed by atoms with Gasteiger partial charge in [0.25, 0.3) is 0 Å². The molecule has 1 saturated heterocycles. The number of ether oxygens (including phenoxy) is 1. The van der Waals surface area contributed by atoms with Gasteiger partial charge in [-0.25, -0.2) is 9.13 Å². The van der Waals surface area contributed by atoms with Gasteiger partial charge in [-0.15, -0.1) is 0 Å². The van der Waals surface area contributed by atoms with E-state index in [1.807, 2.05) is 36.4 Å². The number of benzene rings is 2. The second-order valence-electron chi connectivity index (χ2n) is 7.66. The molecule has 10 nitrogen and oxygen atoms in total. The van der Waals surface area contributed by atoms with Crippen LogP contribution in [0.25, 0.3) is 11.1 Å². The summed E-state index contributed by atoms with van der Waals surface area (Å²) < 4.78 is 49.1. The molecule has 0 radical (unpaired) electrons. The van der Waals surface area contributed by atoms with Gasteiger partial charge in [-0.3, -0.25) is 18.1 Å². The topological polar surface area (TPSA) is 141 Å². The van der Waals surface area contributed by atoms with Gasteiger partial charge in [0.15, 0.2) is 0 Å². The highest BCUT2D eigenvalue weighted by Gasteiger charge is 2.42. The van der Waals surface area contributed by atoms with Crippen molar-refractivity contribution in [2.45, 2.75) is 32.3 Å². The molecule has 2 aromatic carbocycles. The summed E-state index contributed by atoms with van der Waals surface area (Å²) in [5.74, 6) is -0.264. The molecule has 0 aliphatic carbocycles. The lowest BCUT2D eigenvalue weighted by molar-refractivity contribution is -0.00472. The highest BCUT2D eigenvalue weighted by Crippen LogP contribution is 2.49. The van der Waals surface area contributed by atoms with E-state index < -0.39 is 27.9 Å². The lowest BCUT2D eigenvalue weighted by Crippen LogP contribution is -2.31. The van der Waals surface area contributed by atoms with E-state index in [1.165, 1.54) is 0 Å². The van der Waals surface area contributed by atoms with Gasteiger partial charge in [0, 0.05) is 13.0 Å². The van der Waals surface area contributed by atoms with E-state index in [4.69, 9.17) is 23.4 Å². The zero-order valence-corrected chi connectivity index (χ0v) is 20.1. The van der Waals surface area contributed by atoms with Crippen molar-refractivity contribution in [2.24, 2.45) is 5.92 Å². The quantitative estimate of drug-likeness (QED) is 0.390. The van der Waals surface area contributed by atoms with Crippen LogP contribution in [0.15, 0.2) is 48.5 Å². The molecule has 1 fully saturated rings. The predicted molar refractivity (Wildman–Crippen MR) is 119 cm³/mol. The standard InChI is InChI=1S/C21H28O10P2/c1-15-12-28-20(14-30-32(23,24)27-2)21(15)31-33(25,26)29-13-17-5-9-19(10-6-17)18-7-3-16(11-22)4-8-18/h3-10,15,20-22H,11-14H2,1-2H3,(H,23,24)(H,25,26)/t15-,20+,21-/m0/s1. The Balaban J connectivity index is 1.56. The van der Waals surface area contributed by atoms with Gasteiger partial charge < -0.3 is 19.6 Å². The van der Waals surface area contributed by atoms with Gasteiger partial charge >= 0.3 is 15.6 Å². The molecule has 0 spiro atoms. The van der Waals surface area contributed by atoms with Crippen LogP contribution in [0, 0.1) is 5.92 Å². The van der Waals surface area contributed by atoms with Crippen molar-refractivity contribution in [1.82, 2.24) is 0 Å². The Kier molecular flexibility index (Phi) is 9.00. The Bertz CT molecular complexity index is 995. The normalized spacial score (nSPS) is 24.3. The van der Waals surface area contributed by atoms with E-state index >= 15 is 0 Å². The molecule has 0 aromatic heterocycles. The summed E-state index contributed by atoms with van der Waals surface area (Å²) in [5.41, 5.74) is 3.41. The Morgan fingerprint density at radius 2 is 1.52 bits per heavy atom. The van der Waals surface area contributed by atoms with E-state index in [-0.39, 0.29) is 32.3 Å². The number of rotatable bonds is 11. The highest BCUT2D eigenvalue weighted by atomic mass is 31.2. The predicted octanol–water partition coefficient (Wildman–Crippen LogP) is 3.65. The SMILES string of the molecule is COP(=O)(O)OC[C@H]1OC[C@H](C)[C@@H]1OP(=O)(O)OCc1ccc(-c2ccc(CO)cc2)cc1. The summed E-state index contributed by atoms with van der Waals surface area (Å²) in [4.78, 5) is 19.6. The monoisotopic (exact) mass is 502 g/mol. The molecule has 33 heavy (non-hydrogen) atoms. The molecule has 3 rings (SSSR count). The van der Waals surface area contributed by atoms with E-state index in [0.717, 1.165) is 23.8 Å². The molecule has 1 aliphatic heterocycles. The fourth-order valence-corrected chi connectivity index (χ4v) is 4.77. The van der Waals surface area contributed by atoms with E-state index in [1.54, 1.807) is 19.1 Å². The van der Waals surface area contributed by atoms with Gasteiger partial charge in [-0.2, -0.15) is 0 Å². The number of aliphatic hydroxyl groups excluding tert-OH is 1. The Morgan fingerprint density at radius 1 is 0.939 bits per heavy atom. The first-order valence-corrected chi connectivity index (χ1v) is 13.2. The zero-order chi connectivity index (χ0) is 24.1. The maximum Gasteiger partial charge on any atom is 0.472 e. The average molecular weight is 502 g/mol. The van der Waals surface area contributed by atoms with Crippen LogP contribution in [-0.2, 0) is 45.2 Å². The molecular weight excluding hydrogens is 474 g/mol. The van der Waals surface area contributed by atoms with E-state index in [0.29, 0.717) is 5.56 Å². The Labute approximate surface area is 192 Å². The molecule has 2 unspecified atom stereocenters. The highest BCUT2D eigenvalue weighted by molar-refractivity contribution is 7.47.